The number of halogens is 3. The molecule has 0 aliphatic heterocycles. The maximum atomic E-state index is 11.8. The average molecular weight is 385 g/mol. The Kier molecular flexibility index (Phi) is 6.48. The first-order chi connectivity index (χ1) is 8.02. The molecule has 0 bridgehead atoms. The van der Waals surface area contributed by atoms with Gasteiger partial charge in [0.05, 0.1) is 11.4 Å². The summed E-state index contributed by atoms with van der Waals surface area (Å²) < 4.78 is 5.73. The number of alkyl halides is 1. The van der Waals surface area contributed by atoms with Gasteiger partial charge in [0.1, 0.15) is 0 Å². The molecule has 0 saturated carbocycles. The fourth-order valence-electron chi connectivity index (χ4n) is 1.23. The third-order valence-corrected chi connectivity index (χ3v) is 3.22. The summed E-state index contributed by atoms with van der Waals surface area (Å²) in [6, 6.07) is 5.08. The van der Waals surface area contributed by atoms with Crippen molar-refractivity contribution in [3.63, 3.8) is 0 Å². The second-order valence-electron chi connectivity index (χ2n) is 3.42. The van der Waals surface area contributed by atoms with E-state index in [4.69, 9.17) is 16.3 Å². The molecule has 94 valence electrons. The highest BCUT2D eigenvalue weighted by Gasteiger charge is 2.10. The molecule has 0 fully saturated rings. The molecule has 1 amide bonds. The van der Waals surface area contributed by atoms with Crippen LogP contribution in [0, 0.1) is 0 Å². The molecular formula is C11H12Br2ClNO2. The van der Waals surface area contributed by atoms with E-state index in [9.17, 15) is 4.79 Å². The Balaban J connectivity index is 2.58. The van der Waals surface area contributed by atoms with Gasteiger partial charge in [-0.15, -0.1) is 0 Å². The molecule has 1 aromatic carbocycles. The lowest BCUT2D eigenvalue weighted by atomic mass is 10.2. The van der Waals surface area contributed by atoms with Crippen molar-refractivity contribution in [1.29, 1.82) is 0 Å². The van der Waals surface area contributed by atoms with E-state index in [1.165, 1.54) is 0 Å². The lowest BCUT2D eigenvalue weighted by molar-refractivity contribution is 0.0950. The largest absolute Gasteiger partial charge is 0.383 e. The zero-order valence-electron chi connectivity index (χ0n) is 9.17. The number of carbonyl (C=O) groups is 1. The van der Waals surface area contributed by atoms with Gasteiger partial charge in [0.2, 0.25) is 0 Å². The fourth-order valence-corrected chi connectivity index (χ4v) is 2.52. The Morgan fingerprint density at radius 3 is 2.82 bits per heavy atom. The number of amides is 1. The summed E-state index contributed by atoms with van der Waals surface area (Å²) in [6.07, 6.45) is 0. The van der Waals surface area contributed by atoms with Crippen molar-refractivity contribution < 1.29 is 9.53 Å². The molecular weight excluding hydrogens is 373 g/mol. The molecule has 6 heteroatoms. The Morgan fingerprint density at radius 2 is 2.24 bits per heavy atom. The first kappa shape index (κ1) is 15.0. The van der Waals surface area contributed by atoms with Crippen LogP contribution in [0.15, 0.2) is 22.7 Å². The van der Waals surface area contributed by atoms with Crippen molar-refractivity contribution >= 4 is 49.4 Å². The maximum absolute atomic E-state index is 11.8. The van der Waals surface area contributed by atoms with Crippen molar-refractivity contribution in [1.82, 2.24) is 5.32 Å². The van der Waals surface area contributed by atoms with Gasteiger partial charge in [-0.05, 0) is 18.2 Å². The van der Waals surface area contributed by atoms with Crippen molar-refractivity contribution in [2.45, 2.75) is 4.83 Å². The monoisotopic (exact) mass is 383 g/mol. The van der Waals surface area contributed by atoms with Crippen LogP contribution in [-0.4, -0.2) is 31.0 Å². The summed E-state index contributed by atoms with van der Waals surface area (Å²) in [7, 11) is 1.62. The van der Waals surface area contributed by atoms with E-state index in [1.807, 2.05) is 0 Å². The number of methoxy groups -OCH3 is 1. The van der Waals surface area contributed by atoms with Gasteiger partial charge in [0.25, 0.3) is 5.91 Å². The summed E-state index contributed by atoms with van der Waals surface area (Å²) >= 11 is 12.6. The van der Waals surface area contributed by atoms with Gasteiger partial charge in [0, 0.05) is 28.7 Å². The normalized spacial score (nSPS) is 12.2. The number of carbonyl (C=O) groups excluding carboxylic acids is 1. The molecule has 0 spiro atoms. The second kappa shape index (κ2) is 7.36. The van der Waals surface area contributed by atoms with Gasteiger partial charge in [-0.25, -0.2) is 0 Å². The van der Waals surface area contributed by atoms with Gasteiger partial charge < -0.3 is 10.1 Å². The maximum Gasteiger partial charge on any atom is 0.251 e. The Labute approximate surface area is 122 Å². The van der Waals surface area contributed by atoms with Gasteiger partial charge in [-0.3, -0.25) is 4.79 Å². The molecule has 1 atom stereocenters. The van der Waals surface area contributed by atoms with E-state index in [1.54, 1.807) is 25.3 Å². The number of ether oxygens (including phenoxy) is 1. The van der Waals surface area contributed by atoms with E-state index < -0.39 is 0 Å². The van der Waals surface area contributed by atoms with Crippen LogP contribution in [0.2, 0.25) is 5.02 Å². The Bertz CT molecular complexity index is 381. The molecule has 1 unspecified atom stereocenters. The lowest BCUT2D eigenvalue weighted by Gasteiger charge is -2.10. The molecule has 0 heterocycles. The lowest BCUT2D eigenvalue weighted by Crippen LogP contribution is -2.31. The average Bonchev–Trinajstić information content (AvgIpc) is 2.25. The molecule has 1 rings (SSSR count). The number of hydrogen-bond donors (Lipinski definition) is 1. The van der Waals surface area contributed by atoms with Crippen LogP contribution < -0.4 is 5.32 Å². The molecule has 1 N–H and O–H groups in total. The minimum atomic E-state index is -0.159. The number of benzene rings is 1. The van der Waals surface area contributed by atoms with Crippen molar-refractivity contribution in [2.75, 3.05) is 20.3 Å². The van der Waals surface area contributed by atoms with Gasteiger partial charge in [0.15, 0.2) is 0 Å². The molecule has 0 saturated heterocycles. The smallest absolute Gasteiger partial charge is 0.251 e. The van der Waals surface area contributed by atoms with Crippen molar-refractivity contribution in [3.05, 3.63) is 33.3 Å². The third-order valence-electron chi connectivity index (χ3n) is 1.96. The third kappa shape index (κ3) is 5.38. The van der Waals surface area contributed by atoms with Crippen LogP contribution in [0.25, 0.3) is 0 Å². The highest BCUT2D eigenvalue weighted by atomic mass is 79.9. The zero-order chi connectivity index (χ0) is 12.8. The number of nitrogens with one attached hydrogen (secondary N) is 1. The van der Waals surface area contributed by atoms with Crippen molar-refractivity contribution in [2.24, 2.45) is 0 Å². The molecule has 17 heavy (non-hydrogen) atoms. The van der Waals surface area contributed by atoms with Gasteiger partial charge in [-0.2, -0.15) is 0 Å². The van der Waals surface area contributed by atoms with E-state index >= 15 is 0 Å². The number of hydrogen-bond acceptors (Lipinski definition) is 2. The minimum absolute atomic E-state index is 0.0964. The molecule has 0 radical (unpaired) electrons. The molecule has 3 nitrogen and oxygen atoms in total. The first-order valence-corrected chi connectivity index (χ1v) is 6.99. The molecule has 1 aromatic rings. The summed E-state index contributed by atoms with van der Waals surface area (Å²) in [4.78, 5) is 11.9. The van der Waals surface area contributed by atoms with Gasteiger partial charge >= 0.3 is 0 Å². The fraction of sp³-hybridized carbons (Fsp3) is 0.364. The highest BCUT2D eigenvalue weighted by molar-refractivity contribution is 9.10. The highest BCUT2D eigenvalue weighted by Crippen LogP contribution is 2.19. The summed E-state index contributed by atoms with van der Waals surface area (Å²) in [5.74, 6) is -0.159. The quantitative estimate of drug-likeness (QED) is 0.791. The minimum Gasteiger partial charge on any atom is -0.383 e. The summed E-state index contributed by atoms with van der Waals surface area (Å²) in [6.45, 7) is 1.04. The van der Waals surface area contributed by atoms with Crippen molar-refractivity contribution in [3.8, 4) is 0 Å². The van der Waals surface area contributed by atoms with Crippen LogP contribution in [-0.2, 0) is 4.74 Å². The zero-order valence-corrected chi connectivity index (χ0v) is 13.1. The molecule has 0 aliphatic carbocycles. The van der Waals surface area contributed by atoms with Crippen LogP contribution in [0.5, 0.6) is 0 Å². The second-order valence-corrected chi connectivity index (χ2v) is 6.07. The molecule has 0 aliphatic rings. The Hall–Kier alpha value is -0.100. The standard InChI is InChI=1S/C11H12Br2ClNO2/c1-17-6-9(13)5-15-11(16)7-2-8(12)4-10(14)3-7/h2-4,9H,5-6H2,1H3,(H,15,16). The number of rotatable bonds is 5. The topological polar surface area (TPSA) is 38.3 Å². The Morgan fingerprint density at radius 1 is 1.53 bits per heavy atom. The summed E-state index contributed by atoms with van der Waals surface area (Å²) in [5, 5.41) is 3.32. The van der Waals surface area contributed by atoms with Crippen LogP contribution >= 0.6 is 43.5 Å². The van der Waals surface area contributed by atoms with E-state index in [0.717, 1.165) is 4.47 Å². The van der Waals surface area contributed by atoms with E-state index in [2.05, 4.69) is 37.2 Å². The SMILES string of the molecule is COCC(Br)CNC(=O)c1cc(Cl)cc(Br)c1. The molecule has 0 aromatic heterocycles. The van der Waals surface area contributed by atoms with Crippen LogP contribution in [0.3, 0.4) is 0 Å². The predicted octanol–water partition coefficient (Wildman–Crippen LogP) is 3.24. The van der Waals surface area contributed by atoms with Gasteiger partial charge in [-0.1, -0.05) is 43.5 Å². The predicted molar refractivity (Wildman–Crippen MR) is 76.1 cm³/mol. The van der Waals surface area contributed by atoms with E-state index in [0.29, 0.717) is 23.7 Å². The summed E-state index contributed by atoms with van der Waals surface area (Å²) in [5.41, 5.74) is 0.529. The first-order valence-electron chi connectivity index (χ1n) is 4.90. The van der Waals surface area contributed by atoms with Crippen LogP contribution in [0.4, 0.5) is 0 Å². The van der Waals surface area contributed by atoms with Crippen LogP contribution in [0.1, 0.15) is 10.4 Å². The van der Waals surface area contributed by atoms with E-state index in [-0.39, 0.29) is 10.7 Å².